The number of likely N-dealkylation sites (tertiary alicyclic amines) is 1. The molecule has 2 nitrogen and oxygen atoms in total. The van der Waals surface area contributed by atoms with Crippen LogP contribution in [0.2, 0.25) is 0 Å². The van der Waals surface area contributed by atoms with E-state index in [2.05, 4.69) is 43.0 Å². The van der Waals surface area contributed by atoms with Crippen molar-refractivity contribution in [1.29, 1.82) is 0 Å². The van der Waals surface area contributed by atoms with Gasteiger partial charge in [-0.15, -0.1) is 0 Å². The minimum absolute atomic E-state index is 0.792. The molecule has 1 unspecified atom stereocenters. The molecule has 1 saturated heterocycles. The number of rotatable bonds is 9. The van der Waals surface area contributed by atoms with Gasteiger partial charge in [0.05, 0.1) is 6.61 Å². The summed E-state index contributed by atoms with van der Waals surface area (Å²) in [7, 11) is 0. The lowest BCUT2D eigenvalue weighted by Gasteiger charge is -2.30. The first kappa shape index (κ1) is 18.3. The number of hydrogen-bond acceptors (Lipinski definition) is 2. The number of benzene rings is 1. The molecule has 130 valence electrons. The lowest BCUT2D eigenvalue weighted by Crippen LogP contribution is -2.35. The quantitative estimate of drug-likeness (QED) is 0.600. The van der Waals surface area contributed by atoms with Gasteiger partial charge in [-0.05, 0) is 75.7 Å². The Bertz CT molecular complexity index is 406. The molecule has 1 aliphatic heterocycles. The Morgan fingerprint density at radius 2 is 1.70 bits per heavy atom. The molecule has 1 aromatic carbocycles. The molecule has 23 heavy (non-hydrogen) atoms. The molecule has 0 aromatic heterocycles. The highest BCUT2D eigenvalue weighted by atomic mass is 16.5. The number of aryl methyl sites for hydroxylation is 1. The molecule has 1 heterocycles. The van der Waals surface area contributed by atoms with E-state index in [1.807, 2.05) is 0 Å². The lowest BCUT2D eigenvalue weighted by molar-refractivity contribution is 0.186. The van der Waals surface area contributed by atoms with Crippen LogP contribution >= 0.6 is 0 Å². The zero-order chi connectivity index (χ0) is 16.3. The summed E-state index contributed by atoms with van der Waals surface area (Å²) < 4.78 is 5.65. The van der Waals surface area contributed by atoms with Gasteiger partial charge in [0.1, 0.15) is 5.75 Å². The van der Waals surface area contributed by atoms with Gasteiger partial charge in [-0.2, -0.15) is 0 Å². The first-order valence-corrected chi connectivity index (χ1v) is 9.79. The summed E-state index contributed by atoms with van der Waals surface area (Å²) in [6, 6.07) is 9.50. The minimum Gasteiger partial charge on any atom is -0.494 e. The predicted octanol–water partition coefficient (Wildman–Crippen LogP) is 5.45. The summed E-state index contributed by atoms with van der Waals surface area (Å²) in [5.41, 5.74) is 1.44. The Balaban J connectivity index is 1.73. The van der Waals surface area contributed by atoms with E-state index < -0.39 is 0 Å². The van der Waals surface area contributed by atoms with Crippen LogP contribution in [0.3, 0.4) is 0 Å². The Labute approximate surface area is 143 Å². The summed E-state index contributed by atoms with van der Waals surface area (Å²) in [6.45, 7) is 7.95. The van der Waals surface area contributed by atoms with Crippen LogP contribution in [0.15, 0.2) is 24.3 Å². The molecule has 0 aliphatic carbocycles. The second-order valence-corrected chi connectivity index (χ2v) is 6.90. The van der Waals surface area contributed by atoms with E-state index in [9.17, 15) is 0 Å². The maximum Gasteiger partial charge on any atom is 0.119 e. The van der Waals surface area contributed by atoms with Gasteiger partial charge in [0.25, 0.3) is 0 Å². The molecule has 0 saturated carbocycles. The van der Waals surface area contributed by atoms with E-state index in [4.69, 9.17) is 4.74 Å². The first-order chi connectivity index (χ1) is 11.3. The third-order valence-corrected chi connectivity index (χ3v) is 5.03. The maximum atomic E-state index is 5.65. The smallest absolute Gasteiger partial charge is 0.119 e. The van der Waals surface area contributed by atoms with Crippen molar-refractivity contribution in [2.45, 2.75) is 77.7 Å². The fraction of sp³-hybridized carbons (Fsp3) is 0.714. The summed E-state index contributed by atoms with van der Waals surface area (Å²) in [6.07, 6.45) is 11.8. The van der Waals surface area contributed by atoms with Crippen molar-refractivity contribution in [3.8, 4) is 5.75 Å². The fourth-order valence-corrected chi connectivity index (χ4v) is 3.62. The third-order valence-electron chi connectivity index (χ3n) is 5.03. The summed E-state index contributed by atoms with van der Waals surface area (Å²) in [4.78, 5) is 2.76. The number of hydrogen-bond donors (Lipinski definition) is 0. The van der Waals surface area contributed by atoms with E-state index in [0.29, 0.717) is 0 Å². The fourth-order valence-electron chi connectivity index (χ4n) is 3.62. The molecule has 1 fully saturated rings. The highest BCUT2D eigenvalue weighted by Crippen LogP contribution is 2.19. The van der Waals surface area contributed by atoms with Gasteiger partial charge in [0.2, 0.25) is 0 Å². The van der Waals surface area contributed by atoms with E-state index in [1.165, 1.54) is 70.0 Å². The van der Waals surface area contributed by atoms with Gasteiger partial charge < -0.3 is 9.64 Å². The van der Waals surface area contributed by atoms with Crippen molar-refractivity contribution in [2.75, 3.05) is 19.7 Å². The van der Waals surface area contributed by atoms with Crippen LogP contribution < -0.4 is 4.74 Å². The molecular weight excluding hydrogens is 282 g/mol. The molecule has 0 radical (unpaired) electrons. The van der Waals surface area contributed by atoms with Crippen LogP contribution in [0, 0.1) is 0 Å². The monoisotopic (exact) mass is 317 g/mol. The van der Waals surface area contributed by atoms with E-state index >= 15 is 0 Å². The third kappa shape index (κ3) is 6.55. The lowest BCUT2D eigenvalue weighted by atomic mass is 10.0. The molecule has 0 amide bonds. The van der Waals surface area contributed by atoms with E-state index in [1.54, 1.807) is 0 Å². The van der Waals surface area contributed by atoms with Gasteiger partial charge in [0.15, 0.2) is 0 Å². The van der Waals surface area contributed by atoms with Crippen molar-refractivity contribution < 1.29 is 4.74 Å². The topological polar surface area (TPSA) is 12.5 Å². The minimum atomic E-state index is 0.792. The Kier molecular flexibility index (Phi) is 8.52. The van der Waals surface area contributed by atoms with Crippen molar-refractivity contribution in [3.05, 3.63) is 29.8 Å². The normalized spacial score (nSPS) is 17.7. The zero-order valence-corrected chi connectivity index (χ0v) is 15.2. The largest absolute Gasteiger partial charge is 0.494 e. The van der Waals surface area contributed by atoms with Crippen molar-refractivity contribution in [1.82, 2.24) is 4.90 Å². The zero-order valence-electron chi connectivity index (χ0n) is 15.2. The van der Waals surface area contributed by atoms with Gasteiger partial charge >= 0.3 is 0 Å². The predicted molar refractivity (Wildman–Crippen MR) is 99.3 cm³/mol. The van der Waals surface area contributed by atoms with Crippen LogP contribution in [0.4, 0.5) is 0 Å². The Morgan fingerprint density at radius 1 is 1.00 bits per heavy atom. The second kappa shape index (κ2) is 10.7. The Hall–Kier alpha value is -1.02. The molecular formula is C21H35NO. The van der Waals surface area contributed by atoms with Crippen LogP contribution in [-0.4, -0.2) is 30.6 Å². The average Bonchev–Trinajstić information content (AvgIpc) is 2.87. The molecule has 1 aliphatic rings. The van der Waals surface area contributed by atoms with Crippen molar-refractivity contribution >= 4 is 0 Å². The molecule has 1 aromatic rings. The molecule has 0 N–H and O–H groups in total. The first-order valence-electron chi connectivity index (χ1n) is 9.79. The second-order valence-electron chi connectivity index (χ2n) is 6.90. The molecule has 1 atom stereocenters. The molecule has 2 heteroatoms. The van der Waals surface area contributed by atoms with E-state index in [0.717, 1.165) is 24.8 Å². The van der Waals surface area contributed by atoms with Gasteiger partial charge in [-0.3, -0.25) is 0 Å². The van der Waals surface area contributed by atoms with Crippen LogP contribution in [0.25, 0.3) is 0 Å². The highest BCUT2D eigenvalue weighted by Gasteiger charge is 2.17. The number of nitrogens with zero attached hydrogens (tertiary/aromatic N) is 1. The van der Waals surface area contributed by atoms with E-state index in [-0.39, 0.29) is 0 Å². The van der Waals surface area contributed by atoms with Gasteiger partial charge in [-0.25, -0.2) is 0 Å². The van der Waals surface area contributed by atoms with Crippen LogP contribution in [-0.2, 0) is 6.42 Å². The molecule has 0 spiro atoms. The summed E-state index contributed by atoms with van der Waals surface area (Å²) >= 11 is 0. The Morgan fingerprint density at radius 3 is 2.30 bits per heavy atom. The summed E-state index contributed by atoms with van der Waals surface area (Å²) in [5.74, 6) is 1.01. The number of ether oxygens (including phenoxy) is 1. The SMILES string of the molecule is CCCOc1ccc(CCCC(CC)N2CCCCCC2)cc1. The summed E-state index contributed by atoms with van der Waals surface area (Å²) in [5, 5.41) is 0. The van der Waals surface area contributed by atoms with Crippen LogP contribution in [0.1, 0.15) is 70.8 Å². The van der Waals surface area contributed by atoms with Gasteiger partial charge in [-0.1, -0.05) is 38.8 Å². The average molecular weight is 318 g/mol. The molecule has 0 bridgehead atoms. The van der Waals surface area contributed by atoms with Crippen molar-refractivity contribution in [2.24, 2.45) is 0 Å². The highest BCUT2D eigenvalue weighted by molar-refractivity contribution is 5.27. The maximum absolute atomic E-state index is 5.65. The van der Waals surface area contributed by atoms with Crippen molar-refractivity contribution in [3.63, 3.8) is 0 Å². The van der Waals surface area contributed by atoms with Gasteiger partial charge in [0, 0.05) is 6.04 Å². The molecule has 2 rings (SSSR count). The standard InChI is InChI=1S/C21H35NO/c1-3-18-23-21-14-12-19(13-15-21)10-9-11-20(4-2)22-16-7-5-6-8-17-22/h12-15,20H,3-11,16-18H2,1-2H3. The van der Waals surface area contributed by atoms with Crippen LogP contribution in [0.5, 0.6) is 5.75 Å².